The van der Waals surface area contributed by atoms with Gasteiger partial charge in [-0.25, -0.2) is 8.78 Å². The highest BCUT2D eigenvalue weighted by atomic mass is 19.2. The monoisotopic (exact) mass is 291 g/mol. The molecular formula is C16H15F2NO2. The third-order valence-corrected chi connectivity index (χ3v) is 3.29. The number of rotatable bonds is 5. The van der Waals surface area contributed by atoms with E-state index in [1.165, 1.54) is 6.07 Å². The van der Waals surface area contributed by atoms with Gasteiger partial charge < -0.3 is 10.0 Å². The lowest BCUT2D eigenvalue weighted by atomic mass is 10.1. The van der Waals surface area contributed by atoms with Gasteiger partial charge in [-0.1, -0.05) is 24.3 Å². The summed E-state index contributed by atoms with van der Waals surface area (Å²) in [6.07, 6.45) is 0. The maximum absolute atomic E-state index is 13.4. The molecule has 2 aromatic rings. The van der Waals surface area contributed by atoms with E-state index in [-0.39, 0.29) is 6.54 Å². The average molecular weight is 291 g/mol. The van der Waals surface area contributed by atoms with E-state index in [0.29, 0.717) is 11.3 Å². The Kier molecular flexibility index (Phi) is 4.52. The summed E-state index contributed by atoms with van der Waals surface area (Å²) in [6, 6.07) is 12.2. The number of nitrogens with zero attached hydrogens (tertiary/aromatic N) is 1. The molecule has 5 heteroatoms. The van der Waals surface area contributed by atoms with Gasteiger partial charge in [0.25, 0.3) is 0 Å². The standard InChI is InChI=1S/C16H15F2NO2/c1-11(12-7-8-14(17)15(18)9-12)19(10-16(20)21)13-5-3-2-4-6-13/h2-9,11H,10H2,1H3,(H,20,21). The van der Waals surface area contributed by atoms with Gasteiger partial charge >= 0.3 is 5.97 Å². The van der Waals surface area contributed by atoms with E-state index in [2.05, 4.69) is 0 Å². The molecule has 0 amide bonds. The Balaban J connectivity index is 2.35. The molecule has 1 unspecified atom stereocenters. The van der Waals surface area contributed by atoms with Crippen molar-refractivity contribution in [1.82, 2.24) is 0 Å². The van der Waals surface area contributed by atoms with Crippen molar-refractivity contribution >= 4 is 11.7 Å². The van der Waals surface area contributed by atoms with Crippen molar-refractivity contribution in [2.75, 3.05) is 11.4 Å². The lowest BCUT2D eigenvalue weighted by Crippen LogP contribution is -2.32. The van der Waals surface area contributed by atoms with Gasteiger partial charge in [-0.05, 0) is 36.8 Å². The summed E-state index contributed by atoms with van der Waals surface area (Å²) in [4.78, 5) is 12.7. The Morgan fingerprint density at radius 2 is 1.81 bits per heavy atom. The number of anilines is 1. The quantitative estimate of drug-likeness (QED) is 0.914. The van der Waals surface area contributed by atoms with Gasteiger partial charge in [0, 0.05) is 5.69 Å². The lowest BCUT2D eigenvalue weighted by molar-refractivity contribution is -0.135. The third kappa shape index (κ3) is 3.56. The third-order valence-electron chi connectivity index (χ3n) is 3.29. The van der Waals surface area contributed by atoms with Crippen molar-refractivity contribution < 1.29 is 18.7 Å². The number of carbonyl (C=O) groups is 1. The Morgan fingerprint density at radius 3 is 2.38 bits per heavy atom. The van der Waals surface area contributed by atoms with Crippen molar-refractivity contribution in [1.29, 1.82) is 0 Å². The summed E-state index contributed by atoms with van der Waals surface area (Å²) in [5.41, 5.74) is 1.22. The second kappa shape index (κ2) is 6.35. The first-order valence-corrected chi connectivity index (χ1v) is 6.47. The Morgan fingerprint density at radius 1 is 1.14 bits per heavy atom. The highest BCUT2D eigenvalue weighted by molar-refractivity contribution is 5.74. The molecule has 0 bridgehead atoms. The molecule has 0 aliphatic carbocycles. The molecule has 0 heterocycles. The molecule has 1 N–H and O–H groups in total. The van der Waals surface area contributed by atoms with E-state index < -0.39 is 23.6 Å². The van der Waals surface area contributed by atoms with Crippen molar-refractivity contribution in [3.8, 4) is 0 Å². The fraction of sp³-hybridized carbons (Fsp3) is 0.188. The maximum Gasteiger partial charge on any atom is 0.323 e. The van der Waals surface area contributed by atoms with Crippen LogP contribution in [0.4, 0.5) is 14.5 Å². The second-order valence-corrected chi connectivity index (χ2v) is 4.71. The Hall–Kier alpha value is -2.43. The lowest BCUT2D eigenvalue weighted by Gasteiger charge is -2.30. The fourth-order valence-electron chi connectivity index (χ4n) is 2.17. The minimum Gasteiger partial charge on any atom is -0.480 e. The number of hydrogen-bond donors (Lipinski definition) is 1. The van der Waals surface area contributed by atoms with Crippen LogP contribution >= 0.6 is 0 Å². The summed E-state index contributed by atoms with van der Waals surface area (Å²) >= 11 is 0. The summed E-state index contributed by atoms with van der Waals surface area (Å²) in [7, 11) is 0. The SMILES string of the molecule is CC(c1ccc(F)c(F)c1)N(CC(=O)O)c1ccccc1. The van der Waals surface area contributed by atoms with Crippen LogP contribution in [0.5, 0.6) is 0 Å². The zero-order valence-electron chi connectivity index (χ0n) is 11.5. The molecule has 0 aromatic heterocycles. The van der Waals surface area contributed by atoms with Crippen molar-refractivity contribution in [2.24, 2.45) is 0 Å². The molecule has 21 heavy (non-hydrogen) atoms. The number of aliphatic carboxylic acids is 1. The van der Waals surface area contributed by atoms with Crippen LogP contribution in [0.25, 0.3) is 0 Å². The largest absolute Gasteiger partial charge is 0.480 e. The maximum atomic E-state index is 13.4. The van der Waals surface area contributed by atoms with Gasteiger partial charge in [0.15, 0.2) is 11.6 Å². The first kappa shape index (κ1) is 15.0. The Labute approximate surface area is 121 Å². The van der Waals surface area contributed by atoms with Gasteiger partial charge in [0.05, 0.1) is 6.04 Å². The first-order chi connectivity index (χ1) is 9.99. The van der Waals surface area contributed by atoms with E-state index >= 15 is 0 Å². The molecule has 0 aliphatic heterocycles. The Bertz CT molecular complexity index is 631. The first-order valence-electron chi connectivity index (χ1n) is 6.47. The van der Waals surface area contributed by atoms with Crippen molar-refractivity contribution in [3.05, 3.63) is 65.7 Å². The zero-order chi connectivity index (χ0) is 15.4. The van der Waals surface area contributed by atoms with Gasteiger partial charge in [0.1, 0.15) is 6.54 Å². The van der Waals surface area contributed by atoms with E-state index in [0.717, 1.165) is 12.1 Å². The summed E-state index contributed by atoms with van der Waals surface area (Å²) < 4.78 is 26.4. The molecule has 0 fully saturated rings. The van der Waals surface area contributed by atoms with Gasteiger partial charge in [0.2, 0.25) is 0 Å². The number of halogens is 2. The predicted molar refractivity (Wildman–Crippen MR) is 76.2 cm³/mol. The molecular weight excluding hydrogens is 276 g/mol. The molecule has 0 radical (unpaired) electrons. The normalized spacial score (nSPS) is 12.0. The van der Waals surface area contributed by atoms with E-state index in [4.69, 9.17) is 5.11 Å². The molecule has 1 atom stereocenters. The van der Waals surface area contributed by atoms with Crippen LogP contribution in [0.15, 0.2) is 48.5 Å². The van der Waals surface area contributed by atoms with Crippen LogP contribution in [0.2, 0.25) is 0 Å². The second-order valence-electron chi connectivity index (χ2n) is 4.71. The molecule has 3 nitrogen and oxygen atoms in total. The fourth-order valence-corrected chi connectivity index (χ4v) is 2.17. The molecule has 2 rings (SSSR count). The van der Waals surface area contributed by atoms with Crippen LogP contribution < -0.4 is 4.90 Å². The van der Waals surface area contributed by atoms with Crippen molar-refractivity contribution in [3.63, 3.8) is 0 Å². The molecule has 2 aromatic carbocycles. The summed E-state index contributed by atoms with van der Waals surface area (Å²) in [6.45, 7) is 1.52. The molecule has 0 spiro atoms. The van der Waals surface area contributed by atoms with E-state index in [1.54, 1.807) is 36.1 Å². The summed E-state index contributed by atoms with van der Waals surface area (Å²) in [5, 5.41) is 9.06. The van der Waals surface area contributed by atoms with Crippen LogP contribution in [0.3, 0.4) is 0 Å². The van der Waals surface area contributed by atoms with E-state index in [1.807, 2.05) is 6.07 Å². The van der Waals surface area contributed by atoms with E-state index in [9.17, 15) is 13.6 Å². The molecule has 0 saturated heterocycles. The number of hydrogen-bond acceptors (Lipinski definition) is 2. The molecule has 0 aliphatic rings. The average Bonchev–Trinajstić information content (AvgIpc) is 2.47. The van der Waals surface area contributed by atoms with Gasteiger partial charge in [-0.2, -0.15) is 0 Å². The molecule has 0 saturated carbocycles. The highest BCUT2D eigenvalue weighted by Gasteiger charge is 2.20. The number of para-hydroxylation sites is 1. The molecule has 110 valence electrons. The smallest absolute Gasteiger partial charge is 0.323 e. The van der Waals surface area contributed by atoms with Crippen molar-refractivity contribution in [2.45, 2.75) is 13.0 Å². The number of carboxylic acids is 1. The van der Waals surface area contributed by atoms with Crippen LogP contribution in [0.1, 0.15) is 18.5 Å². The van der Waals surface area contributed by atoms with Gasteiger partial charge in [-0.3, -0.25) is 4.79 Å². The zero-order valence-corrected chi connectivity index (χ0v) is 11.5. The predicted octanol–water partition coefficient (Wildman–Crippen LogP) is 3.62. The van der Waals surface area contributed by atoms with Crippen LogP contribution in [-0.4, -0.2) is 17.6 Å². The van der Waals surface area contributed by atoms with Crippen LogP contribution in [-0.2, 0) is 4.79 Å². The number of benzene rings is 2. The highest BCUT2D eigenvalue weighted by Crippen LogP contribution is 2.27. The minimum absolute atomic E-state index is 0.232. The van der Waals surface area contributed by atoms with Crippen LogP contribution in [0, 0.1) is 11.6 Å². The van der Waals surface area contributed by atoms with Gasteiger partial charge in [-0.15, -0.1) is 0 Å². The number of carboxylic acid groups (broad SMARTS) is 1. The summed E-state index contributed by atoms with van der Waals surface area (Å²) in [5.74, 6) is -2.86. The topological polar surface area (TPSA) is 40.5 Å². The minimum atomic E-state index is -0.992.